The van der Waals surface area contributed by atoms with Crippen molar-refractivity contribution in [3.8, 4) is 0 Å². The molecule has 2 aromatic heterocycles. The molecule has 0 spiro atoms. The largest absolute Gasteiger partial charge is 0.382 e. The summed E-state index contributed by atoms with van der Waals surface area (Å²) in [4.78, 5) is 23.2. The minimum Gasteiger partial charge on any atom is -0.382 e. The predicted octanol–water partition coefficient (Wildman–Crippen LogP) is 0.388. The molecule has 0 fully saturated rings. The van der Waals surface area contributed by atoms with Gasteiger partial charge in [0.05, 0.1) is 12.9 Å². The van der Waals surface area contributed by atoms with Gasteiger partial charge in [0.1, 0.15) is 11.8 Å². The van der Waals surface area contributed by atoms with E-state index >= 15 is 0 Å². The van der Waals surface area contributed by atoms with Crippen LogP contribution >= 0.6 is 0 Å². The van der Waals surface area contributed by atoms with Crippen molar-refractivity contribution in [3.63, 3.8) is 0 Å². The molecule has 2 N–H and O–H groups in total. The summed E-state index contributed by atoms with van der Waals surface area (Å²) in [7, 11) is 0. The standard InChI is InChI=1S/C9H11N5O/c1-2-6(15)3-14-5-13-7-8(10)11-4-12-9(7)14/h4-5H,2-3H2,1H3,(H2,10,11,12). The Hall–Kier alpha value is -1.98. The number of anilines is 1. The van der Waals surface area contributed by atoms with Crippen molar-refractivity contribution in [2.75, 3.05) is 5.73 Å². The average molecular weight is 205 g/mol. The van der Waals surface area contributed by atoms with E-state index in [2.05, 4.69) is 15.0 Å². The first-order valence-corrected chi connectivity index (χ1v) is 4.65. The van der Waals surface area contributed by atoms with Crippen molar-refractivity contribution < 1.29 is 4.79 Å². The summed E-state index contributed by atoms with van der Waals surface area (Å²) in [6, 6.07) is 0. The van der Waals surface area contributed by atoms with Crippen LogP contribution in [0.4, 0.5) is 5.82 Å². The Morgan fingerprint density at radius 1 is 1.47 bits per heavy atom. The Bertz CT molecular complexity index is 504. The highest BCUT2D eigenvalue weighted by Gasteiger charge is 2.09. The van der Waals surface area contributed by atoms with Gasteiger partial charge in [-0.25, -0.2) is 15.0 Å². The molecule has 0 unspecified atom stereocenters. The molecule has 0 aromatic carbocycles. The first-order valence-electron chi connectivity index (χ1n) is 4.65. The molecular formula is C9H11N5O. The number of nitrogens with two attached hydrogens (primary N) is 1. The smallest absolute Gasteiger partial charge is 0.165 e. The van der Waals surface area contributed by atoms with Gasteiger partial charge in [-0.2, -0.15) is 0 Å². The van der Waals surface area contributed by atoms with Crippen LogP contribution in [0.15, 0.2) is 12.7 Å². The van der Waals surface area contributed by atoms with E-state index in [1.165, 1.54) is 6.33 Å². The maximum atomic E-state index is 11.3. The number of hydrogen-bond donors (Lipinski definition) is 1. The lowest BCUT2D eigenvalue weighted by Gasteiger charge is -2.00. The molecule has 15 heavy (non-hydrogen) atoms. The highest BCUT2D eigenvalue weighted by Crippen LogP contribution is 2.13. The summed E-state index contributed by atoms with van der Waals surface area (Å²) in [5, 5.41) is 0. The van der Waals surface area contributed by atoms with Crippen LogP contribution in [0.5, 0.6) is 0 Å². The van der Waals surface area contributed by atoms with E-state index < -0.39 is 0 Å². The topological polar surface area (TPSA) is 86.7 Å². The number of carbonyl (C=O) groups excluding carboxylic acids is 1. The maximum absolute atomic E-state index is 11.3. The van der Waals surface area contributed by atoms with Gasteiger partial charge in [-0.15, -0.1) is 0 Å². The van der Waals surface area contributed by atoms with Gasteiger partial charge in [0, 0.05) is 6.42 Å². The first kappa shape index (κ1) is 9.57. The van der Waals surface area contributed by atoms with Crippen molar-refractivity contribution in [1.82, 2.24) is 19.5 Å². The number of carbonyl (C=O) groups is 1. The van der Waals surface area contributed by atoms with Crippen LogP contribution in [0.2, 0.25) is 0 Å². The minimum absolute atomic E-state index is 0.131. The molecule has 0 bridgehead atoms. The number of hydrogen-bond acceptors (Lipinski definition) is 5. The van der Waals surface area contributed by atoms with Crippen LogP contribution < -0.4 is 5.73 Å². The SMILES string of the molecule is CCC(=O)Cn1cnc2c(N)ncnc21. The Kier molecular flexibility index (Phi) is 2.32. The van der Waals surface area contributed by atoms with Crippen molar-refractivity contribution in [2.24, 2.45) is 0 Å². The molecule has 0 atom stereocenters. The number of Topliss-reactive ketones (excluding diaryl/α,β-unsaturated/α-hetero) is 1. The molecule has 0 amide bonds. The lowest BCUT2D eigenvalue weighted by Crippen LogP contribution is -2.08. The van der Waals surface area contributed by atoms with E-state index in [1.54, 1.807) is 10.9 Å². The minimum atomic E-state index is 0.131. The second kappa shape index (κ2) is 3.64. The molecule has 0 aliphatic carbocycles. The van der Waals surface area contributed by atoms with Gasteiger partial charge in [-0.3, -0.25) is 4.79 Å². The Morgan fingerprint density at radius 3 is 3.00 bits per heavy atom. The number of aromatic nitrogens is 4. The fourth-order valence-corrected chi connectivity index (χ4v) is 1.32. The van der Waals surface area contributed by atoms with Gasteiger partial charge in [0.2, 0.25) is 0 Å². The molecule has 2 rings (SSSR count). The van der Waals surface area contributed by atoms with E-state index in [0.717, 1.165) is 0 Å². The molecule has 0 radical (unpaired) electrons. The lowest BCUT2D eigenvalue weighted by molar-refractivity contribution is -0.119. The van der Waals surface area contributed by atoms with Crippen molar-refractivity contribution in [3.05, 3.63) is 12.7 Å². The third kappa shape index (κ3) is 1.65. The maximum Gasteiger partial charge on any atom is 0.165 e. The van der Waals surface area contributed by atoms with E-state index in [4.69, 9.17) is 5.73 Å². The lowest BCUT2D eigenvalue weighted by atomic mass is 10.3. The molecule has 0 saturated heterocycles. The Labute approximate surface area is 86.2 Å². The number of rotatable bonds is 3. The highest BCUT2D eigenvalue weighted by atomic mass is 16.1. The van der Waals surface area contributed by atoms with Crippen LogP contribution in [0.1, 0.15) is 13.3 Å². The van der Waals surface area contributed by atoms with Crippen molar-refractivity contribution in [1.29, 1.82) is 0 Å². The van der Waals surface area contributed by atoms with Crippen LogP contribution in [-0.2, 0) is 11.3 Å². The van der Waals surface area contributed by atoms with E-state index in [-0.39, 0.29) is 12.3 Å². The number of nitrogens with zero attached hydrogens (tertiary/aromatic N) is 4. The average Bonchev–Trinajstić information content (AvgIpc) is 2.63. The van der Waals surface area contributed by atoms with Gasteiger partial charge in [0.15, 0.2) is 17.2 Å². The highest BCUT2D eigenvalue weighted by molar-refractivity contribution is 5.84. The number of imidazole rings is 1. The van der Waals surface area contributed by atoms with Crippen LogP contribution in [0.3, 0.4) is 0 Å². The third-order valence-corrected chi connectivity index (χ3v) is 2.17. The number of nitrogen functional groups attached to an aromatic ring is 1. The molecule has 0 aliphatic heterocycles. The van der Waals surface area contributed by atoms with Crippen molar-refractivity contribution >= 4 is 22.8 Å². The quantitative estimate of drug-likeness (QED) is 0.783. The van der Waals surface area contributed by atoms with Gasteiger partial charge in [-0.1, -0.05) is 6.92 Å². The Morgan fingerprint density at radius 2 is 2.27 bits per heavy atom. The molecular weight excluding hydrogens is 194 g/mol. The third-order valence-electron chi connectivity index (χ3n) is 2.17. The van der Waals surface area contributed by atoms with Crippen LogP contribution in [0, 0.1) is 0 Å². The summed E-state index contributed by atoms with van der Waals surface area (Å²) in [6.07, 6.45) is 3.43. The van der Waals surface area contributed by atoms with Gasteiger partial charge in [-0.05, 0) is 0 Å². The van der Waals surface area contributed by atoms with Gasteiger partial charge < -0.3 is 10.3 Å². The van der Waals surface area contributed by atoms with E-state index in [1.807, 2.05) is 6.92 Å². The fraction of sp³-hybridized carbons (Fsp3) is 0.333. The summed E-state index contributed by atoms with van der Waals surface area (Å²) < 4.78 is 1.68. The molecule has 6 heteroatoms. The number of ketones is 1. The van der Waals surface area contributed by atoms with Crippen LogP contribution in [-0.4, -0.2) is 25.3 Å². The fourth-order valence-electron chi connectivity index (χ4n) is 1.32. The zero-order chi connectivity index (χ0) is 10.8. The molecule has 0 saturated carbocycles. The summed E-state index contributed by atoms with van der Waals surface area (Å²) >= 11 is 0. The Balaban J connectivity index is 2.45. The van der Waals surface area contributed by atoms with E-state index in [0.29, 0.717) is 23.4 Å². The summed E-state index contributed by atoms with van der Waals surface area (Å²) in [5.74, 6) is 0.467. The second-order valence-corrected chi connectivity index (χ2v) is 3.20. The zero-order valence-electron chi connectivity index (χ0n) is 8.34. The van der Waals surface area contributed by atoms with Gasteiger partial charge in [0.25, 0.3) is 0 Å². The van der Waals surface area contributed by atoms with Gasteiger partial charge >= 0.3 is 0 Å². The monoisotopic (exact) mass is 205 g/mol. The molecule has 0 aliphatic rings. The first-order chi connectivity index (χ1) is 7.22. The number of fused-ring (bicyclic) bond motifs is 1. The molecule has 2 aromatic rings. The van der Waals surface area contributed by atoms with Crippen LogP contribution in [0.25, 0.3) is 11.2 Å². The predicted molar refractivity (Wildman–Crippen MR) is 55.0 cm³/mol. The van der Waals surface area contributed by atoms with E-state index in [9.17, 15) is 4.79 Å². The summed E-state index contributed by atoms with van der Waals surface area (Å²) in [5.41, 5.74) is 6.77. The normalized spacial score (nSPS) is 10.7. The molecule has 78 valence electrons. The second-order valence-electron chi connectivity index (χ2n) is 3.20. The zero-order valence-corrected chi connectivity index (χ0v) is 8.34. The molecule has 6 nitrogen and oxygen atoms in total. The van der Waals surface area contributed by atoms with Crippen molar-refractivity contribution in [2.45, 2.75) is 19.9 Å². The molecule has 2 heterocycles. The summed E-state index contributed by atoms with van der Waals surface area (Å²) in [6.45, 7) is 2.11.